The molecule has 2 aromatic heterocycles. The third kappa shape index (κ3) is 3.01. The quantitative estimate of drug-likeness (QED) is 0.677. The molecule has 0 radical (unpaired) electrons. The normalized spacial score (nSPS) is 10.8. The molecule has 3 aromatic rings. The Labute approximate surface area is 129 Å². The molecular weight excluding hydrogens is 276 g/mol. The minimum absolute atomic E-state index is 0.357. The third-order valence-corrected chi connectivity index (χ3v) is 3.63. The van der Waals surface area contributed by atoms with E-state index in [1.807, 2.05) is 18.3 Å². The molecule has 0 aliphatic carbocycles. The second kappa shape index (κ2) is 6.43. The Morgan fingerprint density at radius 2 is 2.05 bits per heavy atom. The summed E-state index contributed by atoms with van der Waals surface area (Å²) in [6, 6.07) is 14.2. The van der Waals surface area contributed by atoms with E-state index in [-0.39, 0.29) is 5.97 Å². The molecule has 112 valence electrons. The number of carbonyl (C=O) groups excluding carboxylic acids is 1. The van der Waals surface area contributed by atoms with Crippen molar-refractivity contribution >= 4 is 16.9 Å². The average molecular weight is 294 g/mol. The smallest absolute Gasteiger partial charge is 0.356 e. The summed E-state index contributed by atoms with van der Waals surface area (Å²) in [4.78, 5) is 15.9. The number of pyridine rings is 1. The third-order valence-electron chi connectivity index (χ3n) is 3.63. The number of ether oxygens (including phenoxy) is 1. The highest BCUT2D eigenvalue weighted by Gasteiger charge is 2.10. The zero-order valence-electron chi connectivity index (χ0n) is 12.5. The van der Waals surface area contributed by atoms with Gasteiger partial charge < -0.3 is 9.30 Å². The van der Waals surface area contributed by atoms with E-state index in [0.29, 0.717) is 12.3 Å². The number of fused-ring (bicyclic) bond motifs is 1. The van der Waals surface area contributed by atoms with Crippen LogP contribution in [-0.2, 0) is 17.7 Å². The van der Waals surface area contributed by atoms with Crippen LogP contribution in [0.15, 0.2) is 54.9 Å². The van der Waals surface area contributed by atoms with Crippen LogP contribution in [0.3, 0.4) is 0 Å². The number of benzene rings is 1. The molecule has 0 N–H and O–H groups in total. The molecule has 0 fully saturated rings. The van der Waals surface area contributed by atoms with E-state index in [2.05, 4.69) is 33.8 Å². The predicted molar refractivity (Wildman–Crippen MR) is 85.8 cm³/mol. The maximum absolute atomic E-state index is 11.7. The molecule has 2 heterocycles. The van der Waals surface area contributed by atoms with Crippen LogP contribution >= 0.6 is 0 Å². The monoisotopic (exact) mass is 294 g/mol. The Morgan fingerprint density at radius 3 is 2.82 bits per heavy atom. The molecule has 0 bridgehead atoms. The second-order valence-corrected chi connectivity index (χ2v) is 5.09. The van der Waals surface area contributed by atoms with Crippen molar-refractivity contribution in [1.82, 2.24) is 9.55 Å². The molecule has 0 amide bonds. The second-order valence-electron chi connectivity index (χ2n) is 5.09. The Hall–Kier alpha value is -2.62. The van der Waals surface area contributed by atoms with Crippen molar-refractivity contribution in [3.8, 4) is 0 Å². The van der Waals surface area contributed by atoms with Crippen LogP contribution in [0.25, 0.3) is 10.9 Å². The molecule has 0 spiro atoms. The van der Waals surface area contributed by atoms with Crippen LogP contribution in [0.5, 0.6) is 0 Å². The Bertz CT molecular complexity index is 778. The van der Waals surface area contributed by atoms with Crippen molar-refractivity contribution in [2.45, 2.75) is 19.9 Å². The van der Waals surface area contributed by atoms with Crippen molar-refractivity contribution in [3.05, 3.63) is 66.1 Å². The maximum Gasteiger partial charge on any atom is 0.356 e. The molecule has 0 unspecified atom stereocenters. The highest BCUT2D eigenvalue weighted by atomic mass is 16.5. The fraction of sp³-hybridized carbons (Fsp3) is 0.222. The van der Waals surface area contributed by atoms with Crippen molar-refractivity contribution in [1.29, 1.82) is 0 Å². The summed E-state index contributed by atoms with van der Waals surface area (Å²) in [6.45, 7) is 3.03. The first-order valence-corrected chi connectivity index (χ1v) is 7.44. The Balaban J connectivity index is 1.79. The lowest BCUT2D eigenvalue weighted by atomic mass is 10.1. The van der Waals surface area contributed by atoms with Crippen molar-refractivity contribution in [3.63, 3.8) is 0 Å². The zero-order valence-corrected chi connectivity index (χ0v) is 12.5. The molecule has 0 atom stereocenters. The lowest BCUT2D eigenvalue weighted by Crippen LogP contribution is -2.07. The van der Waals surface area contributed by atoms with Gasteiger partial charge >= 0.3 is 5.97 Å². The van der Waals surface area contributed by atoms with Crippen LogP contribution in [0.1, 0.15) is 23.0 Å². The van der Waals surface area contributed by atoms with Crippen LogP contribution < -0.4 is 0 Å². The number of hydrogen-bond acceptors (Lipinski definition) is 3. The van der Waals surface area contributed by atoms with E-state index in [1.165, 1.54) is 5.56 Å². The number of esters is 1. The van der Waals surface area contributed by atoms with E-state index in [9.17, 15) is 4.79 Å². The largest absolute Gasteiger partial charge is 0.461 e. The Morgan fingerprint density at radius 1 is 1.23 bits per heavy atom. The molecule has 4 heteroatoms. The topological polar surface area (TPSA) is 44.1 Å². The van der Waals surface area contributed by atoms with Crippen LogP contribution in [0.4, 0.5) is 0 Å². The average Bonchev–Trinajstić information content (AvgIpc) is 2.96. The van der Waals surface area contributed by atoms with Gasteiger partial charge in [0.25, 0.3) is 0 Å². The number of rotatable bonds is 5. The minimum Gasteiger partial charge on any atom is -0.461 e. The van der Waals surface area contributed by atoms with E-state index in [1.54, 1.807) is 19.2 Å². The minimum atomic E-state index is -0.374. The molecular formula is C18H18N2O2. The van der Waals surface area contributed by atoms with E-state index in [4.69, 9.17) is 4.74 Å². The summed E-state index contributed by atoms with van der Waals surface area (Å²) in [6.07, 6.45) is 4.74. The number of aromatic nitrogens is 2. The van der Waals surface area contributed by atoms with E-state index >= 15 is 0 Å². The van der Waals surface area contributed by atoms with Gasteiger partial charge in [0, 0.05) is 18.1 Å². The number of hydrogen-bond donors (Lipinski definition) is 0. The molecule has 22 heavy (non-hydrogen) atoms. The van der Waals surface area contributed by atoms with E-state index in [0.717, 1.165) is 23.9 Å². The first-order chi connectivity index (χ1) is 10.8. The predicted octanol–water partition coefficient (Wildman–Crippen LogP) is 3.46. The van der Waals surface area contributed by atoms with Crippen molar-refractivity contribution in [2.24, 2.45) is 0 Å². The van der Waals surface area contributed by atoms with E-state index < -0.39 is 0 Å². The first-order valence-electron chi connectivity index (χ1n) is 7.44. The van der Waals surface area contributed by atoms with Crippen LogP contribution in [-0.4, -0.2) is 22.1 Å². The molecule has 0 aliphatic heterocycles. The van der Waals surface area contributed by atoms with Gasteiger partial charge in [0.15, 0.2) is 0 Å². The highest BCUT2D eigenvalue weighted by molar-refractivity contribution is 5.92. The van der Waals surface area contributed by atoms with Gasteiger partial charge in [-0.3, -0.25) is 0 Å². The summed E-state index contributed by atoms with van der Waals surface area (Å²) in [5, 5.41) is 1.01. The lowest BCUT2D eigenvalue weighted by Gasteiger charge is -2.06. The van der Waals surface area contributed by atoms with Gasteiger partial charge in [-0.15, -0.1) is 0 Å². The van der Waals surface area contributed by atoms with Gasteiger partial charge in [0.1, 0.15) is 5.69 Å². The molecule has 0 saturated carbocycles. The SMILES string of the molecule is CCOC(=O)c1cc2ccn(CCc3ccccc3)c2cn1. The van der Waals surface area contributed by atoms with Gasteiger partial charge in [-0.1, -0.05) is 30.3 Å². The number of carbonyl (C=O) groups is 1. The first kappa shape index (κ1) is 14.3. The zero-order chi connectivity index (χ0) is 15.4. The molecule has 0 aliphatic rings. The fourth-order valence-corrected chi connectivity index (χ4v) is 2.49. The molecule has 1 aromatic carbocycles. The van der Waals surface area contributed by atoms with Gasteiger partial charge in [-0.2, -0.15) is 0 Å². The lowest BCUT2D eigenvalue weighted by molar-refractivity contribution is 0.0519. The molecule has 3 rings (SSSR count). The highest BCUT2D eigenvalue weighted by Crippen LogP contribution is 2.17. The van der Waals surface area contributed by atoms with Crippen LogP contribution in [0, 0.1) is 0 Å². The summed E-state index contributed by atoms with van der Waals surface area (Å²) < 4.78 is 7.14. The standard InChI is InChI=1S/C18H18N2O2/c1-2-22-18(21)16-12-15-9-11-20(17(15)13-19-16)10-8-14-6-4-3-5-7-14/h3-7,9,11-13H,2,8,10H2,1H3. The summed E-state index contributed by atoms with van der Waals surface area (Å²) in [5.41, 5.74) is 2.69. The van der Waals surface area contributed by atoms with Crippen LogP contribution in [0.2, 0.25) is 0 Å². The Kier molecular flexibility index (Phi) is 4.19. The van der Waals surface area contributed by atoms with Gasteiger partial charge in [-0.25, -0.2) is 9.78 Å². The number of nitrogens with zero attached hydrogens (tertiary/aromatic N) is 2. The fourth-order valence-electron chi connectivity index (χ4n) is 2.49. The van der Waals surface area contributed by atoms with Crippen molar-refractivity contribution in [2.75, 3.05) is 6.61 Å². The number of aryl methyl sites for hydroxylation is 2. The summed E-state index contributed by atoms with van der Waals surface area (Å²) in [5.74, 6) is -0.374. The van der Waals surface area contributed by atoms with Crippen molar-refractivity contribution < 1.29 is 9.53 Å². The summed E-state index contributed by atoms with van der Waals surface area (Å²) >= 11 is 0. The summed E-state index contributed by atoms with van der Waals surface area (Å²) in [7, 11) is 0. The maximum atomic E-state index is 11.7. The van der Waals surface area contributed by atoms with Gasteiger partial charge in [0.2, 0.25) is 0 Å². The molecule has 4 nitrogen and oxygen atoms in total. The molecule has 0 saturated heterocycles. The van der Waals surface area contributed by atoms with Gasteiger partial charge in [-0.05, 0) is 31.0 Å². The van der Waals surface area contributed by atoms with Gasteiger partial charge in [0.05, 0.1) is 18.3 Å².